The van der Waals surface area contributed by atoms with E-state index in [9.17, 15) is 12.8 Å². The molecule has 0 unspecified atom stereocenters. The lowest BCUT2D eigenvalue weighted by Crippen LogP contribution is -2.07. The van der Waals surface area contributed by atoms with E-state index in [2.05, 4.69) is 0 Å². The molecule has 0 bridgehead atoms. The van der Waals surface area contributed by atoms with E-state index >= 15 is 0 Å². The first-order valence-electron chi connectivity index (χ1n) is 10.5. The molecule has 0 aromatic heterocycles. The van der Waals surface area contributed by atoms with E-state index in [1.807, 2.05) is 0 Å². The molecule has 0 spiro atoms. The quantitative estimate of drug-likeness (QED) is 0.285. The molecule has 3 rings (SSSR count). The lowest BCUT2D eigenvalue weighted by Gasteiger charge is -2.14. The Morgan fingerprint density at radius 3 is 1.77 bits per heavy atom. The molecular weight excluding hydrogens is 475 g/mol. The van der Waals surface area contributed by atoms with Gasteiger partial charge in [0.05, 0.1) is 46.2 Å². The van der Waals surface area contributed by atoms with Crippen molar-refractivity contribution in [1.82, 2.24) is 0 Å². The normalized spacial score (nSPS) is 11.4. The summed E-state index contributed by atoms with van der Waals surface area (Å²) in [6.45, 7) is 0. The zero-order valence-corrected chi connectivity index (χ0v) is 20.9. The van der Waals surface area contributed by atoms with E-state index in [0.29, 0.717) is 39.9 Å². The van der Waals surface area contributed by atoms with E-state index < -0.39 is 15.7 Å². The molecule has 9 heteroatoms. The maximum atomic E-state index is 13.3. The lowest BCUT2D eigenvalue weighted by molar-refractivity contribution is 0.324. The van der Waals surface area contributed by atoms with Gasteiger partial charge in [-0.3, -0.25) is 0 Å². The SMILES string of the molecule is COc1cc(/C=C\c2cc(OC)c(OC)c(OC)c2)c(CS(=O)(=O)c2ccc(F)cc2)cc1OC. The fourth-order valence-corrected chi connectivity index (χ4v) is 4.91. The van der Waals surface area contributed by atoms with Crippen LogP contribution in [0.5, 0.6) is 28.7 Å². The van der Waals surface area contributed by atoms with Gasteiger partial charge in [-0.15, -0.1) is 0 Å². The molecular formula is C26H27FO7S. The minimum atomic E-state index is -3.76. The molecule has 0 aliphatic carbocycles. The van der Waals surface area contributed by atoms with Crippen LogP contribution in [0.2, 0.25) is 0 Å². The van der Waals surface area contributed by atoms with Crippen LogP contribution in [-0.4, -0.2) is 44.0 Å². The molecule has 0 saturated heterocycles. The summed E-state index contributed by atoms with van der Waals surface area (Å²) < 4.78 is 66.4. The van der Waals surface area contributed by atoms with Gasteiger partial charge in [-0.2, -0.15) is 0 Å². The Bertz CT molecular complexity index is 1290. The van der Waals surface area contributed by atoms with Crippen molar-refractivity contribution in [2.24, 2.45) is 0 Å². The molecule has 0 aliphatic heterocycles. The predicted octanol–water partition coefficient (Wildman–Crippen LogP) is 5.01. The van der Waals surface area contributed by atoms with Gasteiger partial charge >= 0.3 is 0 Å². The van der Waals surface area contributed by atoms with Crippen molar-refractivity contribution in [2.75, 3.05) is 35.5 Å². The second-order valence-corrected chi connectivity index (χ2v) is 9.40. The van der Waals surface area contributed by atoms with Gasteiger partial charge in [0.25, 0.3) is 0 Å². The zero-order valence-electron chi connectivity index (χ0n) is 20.1. The van der Waals surface area contributed by atoms with E-state index in [0.717, 1.165) is 17.7 Å². The van der Waals surface area contributed by atoms with Gasteiger partial charge in [-0.1, -0.05) is 12.2 Å². The van der Waals surface area contributed by atoms with Crippen molar-refractivity contribution in [3.8, 4) is 28.7 Å². The Hall–Kier alpha value is -3.72. The van der Waals surface area contributed by atoms with Crippen molar-refractivity contribution >= 4 is 22.0 Å². The second kappa shape index (κ2) is 11.1. The minimum absolute atomic E-state index is 0.0215. The van der Waals surface area contributed by atoms with Gasteiger partial charge < -0.3 is 23.7 Å². The van der Waals surface area contributed by atoms with Crippen LogP contribution in [0.4, 0.5) is 4.39 Å². The Morgan fingerprint density at radius 2 is 1.26 bits per heavy atom. The number of methoxy groups -OCH3 is 5. The van der Waals surface area contributed by atoms with Gasteiger partial charge in [0, 0.05) is 0 Å². The number of rotatable bonds is 10. The van der Waals surface area contributed by atoms with Crippen molar-refractivity contribution in [3.05, 3.63) is 71.0 Å². The Labute approximate surface area is 204 Å². The molecule has 186 valence electrons. The molecule has 0 amide bonds. The van der Waals surface area contributed by atoms with Crippen LogP contribution in [0.1, 0.15) is 16.7 Å². The molecule has 3 aromatic carbocycles. The summed E-state index contributed by atoms with van der Waals surface area (Å²) in [6, 6.07) is 11.6. The fraction of sp³-hybridized carbons (Fsp3) is 0.231. The molecule has 3 aromatic rings. The van der Waals surface area contributed by atoms with Crippen LogP contribution in [-0.2, 0) is 15.6 Å². The third kappa shape index (κ3) is 5.86. The highest BCUT2D eigenvalue weighted by Crippen LogP contribution is 2.39. The molecule has 0 heterocycles. The van der Waals surface area contributed by atoms with E-state index in [4.69, 9.17) is 23.7 Å². The van der Waals surface area contributed by atoms with E-state index in [1.165, 1.54) is 47.7 Å². The molecule has 0 N–H and O–H groups in total. The molecule has 0 saturated carbocycles. The number of benzene rings is 3. The predicted molar refractivity (Wildman–Crippen MR) is 132 cm³/mol. The van der Waals surface area contributed by atoms with E-state index in [-0.39, 0.29) is 10.6 Å². The third-order valence-electron chi connectivity index (χ3n) is 5.31. The Morgan fingerprint density at radius 1 is 0.714 bits per heavy atom. The summed E-state index contributed by atoms with van der Waals surface area (Å²) in [4.78, 5) is 0.0215. The van der Waals surface area contributed by atoms with Crippen LogP contribution in [0.3, 0.4) is 0 Å². The summed E-state index contributed by atoms with van der Waals surface area (Å²) in [5, 5.41) is 0. The van der Waals surface area contributed by atoms with Crippen molar-refractivity contribution in [1.29, 1.82) is 0 Å². The van der Waals surface area contributed by atoms with Crippen molar-refractivity contribution in [2.45, 2.75) is 10.6 Å². The van der Waals surface area contributed by atoms with Gasteiger partial charge in [0.15, 0.2) is 32.8 Å². The largest absolute Gasteiger partial charge is 0.493 e. The zero-order chi connectivity index (χ0) is 25.6. The van der Waals surface area contributed by atoms with Crippen LogP contribution in [0.15, 0.2) is 53.4 Å². The topological polar surface area (TPSA) is 80.3 Å². The molecule has 0 fully saturated rings. The highest BCUT2D eigenvalue weighted by molar-refractivity contribution is 7.90. The smallest absolute Gasteiger partial charge is 0.203 e. The van der Waals surface area contributed by atoms with Crippen LogP contribution >= 0.6 is 0 Å². The summed E-state index contributed by atoms with van der Waals surface area (Å²) in [7, 11) is 3.78. The number of sulfone groups is 1. The average Bonchev–Trinajstić information content (AvgIpc) is 2.86. The maximum Gasteiger partial charge on any atom is 0.203 e. The number of hydrogen-bond acceptors (Lipinski definition) is 7. The summed E-state index contributed by atoms with van der Waals surface area (Å²) in [5.74, 6) is 1.43. The van der Waals surface area contributed by atoms with Gasteiger partial charge in [-0.25, -0.2) is 12.8 Å². The van der Waals surface area contributed by atoms with Crippen molar-refractivity contribution in [3.63, 3.8) is 0 Å². The molecule has 0 radical (unpaired) electrons. The Balaban J connectivity index is 2.08. The third-order valence-corrected chi connectivity index (χ3v) is 6.99. The van der Waals surface area contributed by atoms with Crippen LogP contribution < -0.4 is 23.7 Å². The minimum Gasteiger partial charge on any atom is -0.493 e. The Kier molecular flexibility index (Phi) is 8.24. The average molecular weight is 503 g/mol. The van der Waals surface area contributed by atoms with E-state index in [1.54, 1.807) is 36.4 Å². The lowest BCUT2D eigenvalue weighted by atomic mass is 10.1. The molecule has 0 atom stereocenters. The number of hydrogen-bond donors (Lipinski definition) is 0. The van der Waals surface area contributed by atoms with Crippen LogP contribution in [0, 0.1) is 5.82 Å². The number of halogens is 1. The standard InChI is InChI=1S/C26H27FO7S/c1-30-22-14-18(7-6-17-12-24(32-3)26(34-5)25(13-17)33-4)19(15-23(22)31-2)16-35(28,29)21-10-8-20(27)9-11-21/h6-15H,16H2,1-5H3/b7-6-. The highest BCUT2D eigenvalue weighted by Gasteiger charge is 2.20. The summed E-state index contributed by atoms with van der Waals surface area (Å²) in [5.41, 5.74) is 1.82. The first kappa shape index (κ1) is 25.9. The maximum absolute atomic E-state index is 13.3. The molecule has 7 nitrogen and oxygen atoms in total. The molecule has 35 heavy (non-hydrogen) atoms. The highest BCUT2D eigenvalue weighted by atomic mass is 32.2. The van der Waals surface area contributed by atoms with Gasteiger partial charge in [0.1, 0.15) is 5.82 Å². The van der Waals surface area contributed by atoms with Crippen LogP contribution in [0.25, 0.3) is 12.2 Å². The summed E-state index contributed by atoms with van der Waals surface area (Å²) >= 11 is 0. The first-order valence-corrected chi connectivity index (χ1v) is 12.1. The fourth-order valence-electron chi connectivity index (χ4n) is 3.53. The summed E-state index contributed by atoms with van der Waals surface area (Å²) in [6.07, 6.45) is 3.55. The first-order chi connectivity index (χ1) is 16.8. The monoisotopic (exact) mass is 502 g/mol. The second-order valence-electron chi connectivity index (χ2n) is 7.41. The number of ether oxygens (including phenoxy) is 5. The van der Waals surface area contributed by atoms with Gasteiger partial charge in [-0.05, 0) is 65.2 Å². The van der Waals surface area contributed by atoms with Crippen molar-refractivity contribution < 1.29 is 36.5 Å². The molecule has 0 aliphatic rings. The van der Waals surface area contributed by atoms with Gasteiger partial charge in [0.2, 0.25) is 5.75 Å².